The summed E-state index contributed by atoms with van der Waals surface area (Å²) in [6.45, 7) is 7.12. The van der Waals surface area contributed by atoms with E-state index in [9.17, 15) is 14.7 Å². The van der Waals surface area contributed by atoms with Crippen LogP contribution in [0.5, 0.6) is 5.75 Å². The molecule has 1 aliphatic heterocycles. The Balaban J connectivity index is 1.50. The second-order valence-electron chi connectivity index (χ2n) is 10.6. The van der Waals surface area contributed by atoms with Gasteiger partial charge in [-0.2, -0.15) is 0 Å². The fourth-order valence-corrected chi connectivity index (χ4v) is 4.57. The summed E-state index contributed by atoms with van der Waals surface area (Å²) in [5.74, 6) is 0.610. The van der Waals surface area contributed by atoms with Gasteiger partial charge in [-0.15, -0.1) is 0 Å². The van der Waals surface area contributed by atoms with Gasteiger partial charge in [-0.3, -0.25) is 9.69 Å². The lowest BCUT2D eigenvalue weighted by Crippen LogP contribution is -2.39. The van der Waals surface area contributed by atoms with Gasteiger partial charge in [-0.25, -0.2) is 4.79 Å². The van der Waals surface area contributed by atoms with E-state index >= 15 is 0 Å². The molecule has 1 fully saturated rings. The number of nitrogens with zero attached hydrogens (tertiary/aromatic N) is 2. The zero-order chi connectivity index (χ0) is 26.6. The molecule has 37 heavy (non-hydrogen) atoms. The van der Waals surface area contributed by atoms with Crippen molar-refractivity contribution in [3.05, 3.63) is 65.9 Å². The summed E-state index contributed by atoms with van der Waals surface area (Å²) in [6, 6.07) is 16.7. The Morgan fingerprint density at radius 3 is 2.65 bits per heavy atom. The van der Waals surface area contributed by atoms with E-state index < -0.39 is 11.6 Å². The Morgan fingerprint density at radius 2 is 1.95 bits per heavy atom. The molecule has 0 spiro atoms. The number of aliphatic hydroxyl groups is 1. The Labute approximate surface area is 217 Å². The number of β-amino-alcohol motifs (C(OH)–C–C–N with tert-alkyl or cyclic N) is 1. The summed E-state index contributed by atoms with van der Waals surface area (Å²) in [5, 5.41) is 11.0. The van der Waals surface area contributed by atoms with Crippen LogP contribution in [0.15, 0.2) is 59.0 Å². The zero-order valence-corrected chi connectivity index (χ0v) is 22.0. The van der Waals surface area contributed by atoms with E-state index in [2.05, 4.69) is 4.90 Å². The molecule has 198 valence electrons. The van der Waals surface area contributed by atoms with Crippen molar-refractivity contribution < 1.29 is 28.6 Å². The standard InChI is InChI=1S/C29H36N2O6/c1-29(2,3)37-28(34)19-35-23-10-7-9-20(14-23)25(18-31-13-12-22(32)17-31)30(4)27(33)16-24-15-21-8-5-6-11-26(21)36-24/h5-11,14-15,22,25,32H,12-13,16-19H2,1-4H3/t22-,25-/m1/s1. The number of aliphatic hydroxyl groups excluding tert-OH is 1. The minimum Gasteiger partial charge on any atom is -0.482 e. The SMILES string of the molecule is CN(C(=O)Cc1cc2ccccc2o1)[C@H](CN1CC[C@@H](O)C1)c1cccc(OCC(=O)OC(C)(C)C)c1. The maximum Gasteiger partial charge on any atom is 0.344 e. The molecule has 3 aromatic rings. The van der Waals surface area contributed by atoms with Gasteiger partial charge in [-0.05, 0) is 57.0 Å². The fourth-order valence-electron chi connectivity index (χ4n) is 4.57. The third kappa shape index (κ3) is 7.33. The second kappa shape index (κ2) is 11.4. The third-order valence-electron chi connectivity index (χ3n) is 6.36. The molecular formula is C29H36N2O6. The number of ether oxygens (including phenoxy) is 2. The number of hydrogen-bond donors (Lipinski definition) is 1. The topological polar surface area (TPSA) is 92.5 Å². The molecule has 8 nitrogen and oxygen atoms in total. The molecule has 0 saturated carbocycles. The highest BCUT2D eigenvalue weighted by molar-refractivity contribution is 5.82. The van der Waals surface area contributed by atoms with Gasteiger partial charge in [0, 0.05) is 32.1 Å². The molecular weight excluding hydrogens is 472 g/mol. The van der Waals surface area contributed by atoms with Crippen LogP contribution >= 0.6 is 0 Å². The number of amides is 1. The predicted octanol–water partition coefficient (Wildman–Crippen LogP) is 3.96. The maximum atomic E-state index is 13.4. The molecule has 0 aliphatic carbocycles. The van der Waals surface area contributed by atoms with Crippen LogP contribution in [0.1, 0.15) is 44.6 Å². The zero-order valence-electron chi connectivity index (χ0n) is 22.0. The molecule has 1 amide bonds. The smallest absolute Gasteiger partial charge is 0.344 e. The molecule has 0 bridgehead atoms. The van der Waals surface area contributed by atoms with E-state index in [1.807, 2.05) is 69.3 Å². The number of likely N-dealkylation sites (tertiary alicyclic amines) is 1. The molecule has 1 aromatic heterocycles. The average molecular weight is 509 g/mol. The molecule has 8 heteroatoms. The Kier molecular flexibility index (Phi) is 8.19. The molecule has 1 aliphatic rings. The molecule has 1 N–H and O–H groups in total. The van der Waals surface area contributed by atoms with Crippen molar-refractivity contribution in [3.63, 3.8) is 0 Å². The lowest BCUT2D eigenvalue weighted by atomic mass is 10.0. The Hall–Kier alpha value is -3.36. The number of para-hydroxylation sites is 1. The van der Waals surface area contributed by atoms with Crippen LogP contribution in [0.2, 0.25) is 0 Å². The van der Waals surface area contributed by atoms with Gasteiger partial charge in [0.25, 0.3) is 0 Å². The van der Waals surface area contributed by atoms with Crippen molar-refractivity contribution >= 4 is 22.8 Å². The predicted molar refractivity (Wildman–Crippen MR) is 140 cm³/mol. The summed E-state index contributed by atoms with van der Waals surface area (Å²) in [6.07, 6.45) is 0.488. The lowest BCUT2D eigenvalue weighted by molar-refractivity contribution is -0.157. The van der Waals surface area contributed by atoms with Crippen molar-refractivity contribution in [1.82, 2.24) is 9.80 Å². The summed E-state index contributed by atoms with van der Waals surface area (Å²) in [4.78, 5) is 29.4. The number of carbonyl (C=O) groups excluding carboxylic acids is 2. The molecule has 1 saturated heterocycles. The average Bonchev–Trinajstić information content (AvgIpc) is 3.44. The van der Waals surface area contributed by atoms with Gasteiger partial charge in [-0.1, -0.05) is 30.3 Å². The van der Waals surface area contributed by atoms with Crippen molar-refractivity contribution in [1.29, 1.82) is 0 Å². The number of fused-ring (bicyclic) bond motifs is 1. The first kappa shape index (κ1) is 26.7. The molecule has 4 rings (SSSR count). The van der Waals surface area contributed by atoms with Crippen LogP contribution < -0.4 is 4.74 Å². The highest BCUT2D eigenvalue weighted by Crippen LogP contribution is 2.28. The number of esters is 1. The van der Waals surface area contributed by atoms with Crippen molar-refractivity contribution in [3.8, 4) is 5.75 Å². The number of furan rings is 1. The summed E-state index contributed by atoms with van der Waals surface area (Å²) in [7, 11) is 1.79. The second-order valence-corrected chi connectivity index (χ2v) is 10.6. The minimum atomic E-state index is -0.587. The first-order chi connectivity index (χ1) is 17.6. The van der Waals surface area contributed by atoms with E-state index in [1.54, 1.807) is 18.0 Å². The highest BCUT2D eigenvalue weighted by Gasteiger charge is 2.29. The minimum absolute atomic E-state index is 0.0797. The van der Waals surface area contributed by atoms with Crippen LogP contribution in [-0.4, -0.2) is 71.8 Å². The summed E-state index contributed by atoms with van der Waals surface area (Å²) >= 11 is 0. The first-order valence-electron chi connectivity index (χ1n) is 12.7. The number of hydrogen-bond acceptors (Lipinski definition) is 7. The molecule has 2 atom stereocenters. The van der Waals surface area contributed by atoms with Gasteiger partial charge in [0.1, 0.15) is 22.7 Å². The molecule has 0 unspecified atom stereocenters. The van der Waals surface area contributed by atoms with E-state index in [-0.39, 0.29) is 31.1 Å². The van der Waals surface area contributed by atoms with Crippen molar-refractivity contribution in [2.24, 2.45) is 0 Å². The number of rotatable bonds is 9. The molecule has 0 radical (unpaired) electrons. The van der Waals surface area contributed by atoms with Gasteiger partial charge in [0.15, 0.2) is 6.61 Å². The van der Waals surface area contributed by atoms with Crippen molar-refractivity contribution in [2.75, 3.05) is 33.3 Å². The summed E-state index contributed by atoms with van der Waals surface area (Å²) in [5.41, 5.74) is 1.05. The van der Waals surface area contributed by atoms with Crippen LogP contribution in [0, 0.1) is 0 Å². The highest BCUT2D eigenvalue weighted by atomic mass is 16.6. The quantitative estimate of drug-likeness (QED) is 0.438. The van der Waals surface area contributed by atoms with Crippen LogP contribution in [0.4, 0.5) is 0 Å². The van der Waals surface area contributed by atoms with Crippen LogP contribution in [-0.2, 0) is 20.7 Å². The number of carbonyl (C=O) groups is 2. The van der Waals surface area contributed by atoms with E-state index in [1.165, 1.54) is 0 Å². The fraction of sp³-hybridized carbons (Fsp3) is 0.448. The normalized spacial score (nSPS) is 17.1. The monoisotopic (exact) mass is 508 g/mol. The largest absolute Gasteiger partial charge is 0.482 e. The van der Waals surface area contributed by atoms with Crippen LogP contribution in [0.25, 0.3) is 11.0 Å². The van der Waals surface area contributed by atoms with Crippen molar-refractivity contribution in [2.45, 2.75) is 51.4 Å². The van der Waals surface area contributed by atoms with Gasteiger partial charge in [0.2, 0.25) is 5.91 Å². The third-order valence-corrected chi connectivity index (χ3v) is 6.36. The van der Waals surface area contributed by atoms with E-state index in [0.717, 1.165) is 23.1 Å². The van der Waals surface area contributed by atoms with E-state index in [0.29, 0.717) is 31.0 Å². The van der Waals surface area contributed by atoms with Gasteiger partial charge >= 0.3 is 5.97 Å². The van der Waals surface area contributed by atoms with Gasteiger partial charge < -0.3 is 23.9 Å². The molecule has 2 heterocycles. The molecule has 2 aromatic carbocycles. The Morgan fingerprint density at radius 1 is 1.16 bits per heavy atom. The summed E-state index contributed by atoms with van der Waals surface area (Å²) < 4.78 is 16.9. The first-order valence-corrected chi connectivity index (χ1v) is 12.7. The van der Waals surface area contributed by atoms with E-state index in [4.69, 9.17) is 13.9 Å². The van der Waals surface area contributed by atoms with Gasteiger partial charge in [0.05, 0.1) is 18.6 Å². The Bertz CT molecular complexity index is 1200. The van der Waals surface area contributed by atoms with Crippen LogP contribution in [0.3, 0.4) is 0 Å². The maximum absolute atomic E-state index is 13.4. The lowest BCUT2D eigenvalue weighted by Gasteiger charge is -2.32. The number of likely N-dealkylation sites (N-methyl/N-ethyl adjacent to an activating group) is 1. The number of benzene rings is 2.